The molecular weight excluding hydrogens is 274 g/mol. The maximum absolute atomic E-state index is 12.7. The fourth-order valence-corrected chi connectivity index (χ4v) is 1.82. The van der Waals surface area contributed by atoms with Crippen LogP contribution in [-0.4, -0.2) is 45.8 Å². The lowest BCUT2D eigenvalue weighted by atomic mass is 10.1. The topological polar surface area (TPSA) is 65.2 Å². The molecule has 2 aromatic rings. The fraction of sp³-hybridized carbons (Fsp3) is 0.429. The van der Waals surface area contributed by atoms with E-state index in [2.05, 4.69) is 0 Å². The smallest absolute Gasteiger partial charge is 0.215 e. The molecule has 0 aliphatic rings. The molecule has 0 unspecified atom stereocenters. The van der Waals surface area contributed by atoms with E-state index in [1.807, 2.05) is 0 Å². The molecule has 0 bridgehead atoms. The molecule has 0 saturated carbocycles. The number of likely N-dealkylation sites (N-methyl/N-ethyl adjacent to an activating group) is 1. The maximum Gasteiger partial charge on any atom is 0.215 e. The van der Waals surface area contributed by atoms with Crippen molar-refractivity contribution in [1.29, 1.82) is 0 Å². The van der Waals surface area contributed by atoms with E-state index in [0.29, 0.717) is 4.90 Å². The molecule has 0 amide bonds. The minimum atomic E-state index is -5.77. The zero-order chi connectivity index (χ0) is 28.6. The van der Waals surface area contributed by atoms with Crippen LogP contribution in [0.5, 0.6) is 0 Å². The van der Waals surface area contributed by atoms with Crippen LogP contribution in [0.25, 0.3) is 10.9 Å². The summed E-state index contributed by atoms with van der Waals surface area (Å²) >= 11 is 0. The standard InChI is InChI=1S/C14H21N3O2S/c1-15-20(18,19)10-11-4-5-14-13(8-11)12(9-16-14)6-7-17(2)3/h4-5,8-9,15-16H,6-7,10H2,1-3H3/i1D3,2D3,4D,5D,7D2,8D,9D,10D2/hD2. The van der Waals surface area contributed by atoms with Gasteiger partial charge in [0.1, 0.15) is 1.41 Å². The lowest BCUT2D eigenvalue weighted by Crippen LogP contribution is -2.20. The van der Waals surface area contributed by atoms with Crippen molar-refractivity contribution in [3.8, 4) is 0 Å². The molecule has 0 saturated heterocycles. The van der Waals surface area contributed by atoms with Crippen LogP contribution in [-0.2, 0) is 22.1 Å². The summed E-state index contributed by atoms with van der Waals surface area (Å²) in [6, 6.07) is -3.43. The number of hydrogen-bond donors (Lipinski definition) is 2. The highest BCUT2D eigenvalue weighted by Crippen LogP contribution is 2.21. The molecular formula is C14H21N3O2S. The molecule has 5 nitrogen and oxygen atoms in total. The molecule has 1 aromatic carbocycles. The molecule has 0 atom stereocenters. The van der Waals surface area contributed by atoms with Gasteiger partial charge in [0, 0.05) is 37.3 Å². The normalized spacial score (nSPS) is 26.9. The van der Waals surface area contributed by atoms with E-state index < -0.39 is 93.6 Å². The number of nitrogens with one attached hydrogen (secondary N) is 2. The Bertz CT molecular complexity index is 1300. The number of nitrogens with zero attached hydrogens (tertiary/aromatic N) is 1. The van der Waals surface area contributed by atoms with Gasteiger partial charge in [0.2, 0.25) is 10.0 Å². The molecule has 0 aliphatic carbocycles. The summed E-state index contributed by atoms with van der Waals surface area (Å²) < 4.78 is 149. The number of aromatic amines is 1. The quantitative estimate of drug-likeness (QED) is 0.845. The Morgan fingerprint density at radius 2 is 2.50 bits per heavy atom. The minimum absolute atomic E-state index is 0.238. The van der Waals surface area contributed by atoms with Gasteiger partial charge in [0.05, 0.1) is 11.2 Å². The number of aromatic nitrogens is 1. The van der Waals surface area contributed by atoms with Gasteiger partial charge in [-0.3, -0.25) is 0 Å². The molecule has 0 fully saturated rings. The number of hydrogen-bond acceptors (Lipinski definition) is 3. The molecule has 0 aliphatic heterocycles. The average molecular weight is 312 g/mol. The summed E-state index contributed by atoms with van der Waals surface area (Å²) in [7, 11) is -4.87. The van der Waals surface area contributed by atoms with Gasteiger partial charge in [-0.25, -0.2) is 13.1 Å². The molecule has 0 spiro atoms. The summed E-state index contributed by atoms with van der Waals surface area (Å²) in [5.41, 5.74) is -6.49. The predicted molar refractivity (Wildman–Crippen MR) is 82.2 cm³/mol. The van der Waals surface area contributed by atoms with Crippen LogP contribution < -0.4 is 4.72 Å². The second kappa shape index (κ2) is 5.95. The van der Waals surface area contributed by atoms with Gasteiger partial charge in [-0.2, -0.15) is 0 Å². The molecule has 20 heavy (non-hydrogen) atoms. The summed E-state index contributed by atoms with van der Waals surface area (Å²) in [4.78, 5) is 0.567. The Kier molecular flexibility index (Phi) is 1.36. The first-order valence-corrected chi connectivity index (χ1v) is 6.68. The summed E-state index contributed by atoms with van der Waals surface area (Å²) in [5.74, 6) is 0. The largest absolute Gasteiger partial charge is 0.361 e. The third kappa shape index (κ3) is 3.59. The van der Waals surface area contributed by atoms with E-state index in [1.165, 1.54) is 0 Å². The first-order chi connectivity index (χ1) is 15.8. The van der Waals surface area contributed by atoms with Crippen LogP contribution in [0.3, 0.4) is 0 Å². The predicted octanol–water partition coefficient (Wildman–Crippen LogP) is 1.32. The van der Waals surface area contributed by atoms with Gasteiger partial charge in [-0.15, -0.1) is 0 Å². The van der Waals surface area contributed by atoms with Crippen LogP contribution in [0, 0.1) is 0 Å². The highest BCUT2D eigenvalue weighted by atomic mass is 32.2. The van der Waals surface area contributed by atoms with Crippen LogP contribution in [0.1, 0.15) is 30.3 Å². The number of benzene rings is 1. The number of aryl methyl sites for hydroxylation is 1. The molecule has 110 valence electrons. The van der Waals surface area contributed by atoms with Crippen molar-refractivity contribution in [3.05, 3.63) is 35.4 Å². The first-order valence-electron chi connectivity index (χ1n) is 13.1. The van der Waals surface area contributed by atoms with Crippen LogP contribution >= 0.6 is 0 Å². The Balaban J connectivity index is 2.97. The van der Waals surface area contributed by atoms with Crippen molar-refractivity contribution in [3.63, 3.8) is 0 Å². The average Bonchev–Trinajstić information content (AvgIpc) is 2.94. The first kappa shape index (κ1) is 4.56. The molecule has 6 heteroatoms. The van der Waals surface area contributed by atoms with Gasteiger partial charge < -0.3 is 9.88 Å². The Hall–Kier alpha value is -1.37. The lowest BCUT2D eigenvalue weighted by molar-refractivity contribution is 0.414. The minimum Gasteiger partial charge on any atom is -0.361 e. The lowest BCUT2D eigenvalue weighted by Gasteiger charge is -2.08. The highest BCUT2D eigenvalue weighted by molar-refractivity contribution is 7.88. The third-order valence-electron chi connectivity index (χ3n) is 2.24. The monoisotopic (exact) mass is 311 g/mol. The van der Waals surface area contributed by atoms with Crippen molar-refractivity contribution < 1.29 is 30.4 Å². The molecule has 1 heterocycles. The van der Waals surface area contributed by atoms with Crippen molar-refractivity contribution in [2.45, 2.75) is 12.1 Å². The van der Waals surface area contributed by atoms with Crippen molar-refractivity contribution in [2.75, 3.05) is 27.5 Å². The van der Waals surface area contributed by atoms with Gasteiger partial charge in [0.15, 0.2) is 1.41 Å². The second-order valence-electron chi connectivity index (χ2n) is 3.74. The third-order valence-corrected chi connectivity index (χ3v) is 2.94. The van der Waals surface area contributed by atoms with Crippen molar-refractivity contribution in [2.24, 2.45) is 0 Å². The summed E-state index contributed by atoms with van der Waals surface area (Å²) in [6.07, 6.45) is -1.81. The van der Waals surface area contributed by atoms with Gasteiger partial charge in [-0.05, 0) is 50.6 Å². The van der Waals surface area contributed by atoms with Gasteiger partial charge in [0.25, 0.3) is 0 Å². The Labute approximate surface area is 142 Å². The second-order valence-corrected chi connectivity index (χ2v) is 5.07. The van der Waals surface area contributed by atoms with Crippen LogP contribution in [0.2, 0.25) is 2.82 Å². The number of rotatable bonds is 6. The zero-order valence-electron chi connectivity index (χ0n) is 26.3. The van der Waals surface area contributed by atoms with Crippen LogP contribution in [0.15, 0.2) is 24.3 Å². The van der Waals surface area contributed by atoms with Gasteiger partial charge in [-0.1, -0.05) is 6.04 Å². The highest BCUT2D eigenvalue weighted by Gasteiger charge is 2.11. The summed E-state index contributed by atoms with van der Waals surface area (Å²) in [5, 5.41) is -0.668. The zero-order valence-corrected chi connectivity index (χ0v) is 11.1. The molecule has 1 aromatic heterocycles. The maximum atomic E-state index is 12.7. The van der Waals surface area contributed by atoms with Crippen molar-refractivity contribution in [1.82, 2.24) is 14.6 Å². The van der Waals surface area contributed by atoms with E-state index in [4.69, 9.17) is 22.0 Å². The Morgan fingerprint density at radius 1 is 1.65 bits per heavy atom. The molecule has 2 N–H and O–H groups in total. The Morgan fingerprint density at radius 3 is 3.25 bits per heavy atom. The van der Waals surface area contributed by atoms with E-state index in [0.717, 1.165) is 7.05 Å². The summed E-state index contributed by atoms with van der Waals surface area (Å²) in [6.45, 7) is -9.36. The van der Waals surface area contributed by atoms with Crippen molar-refractivity contribution >= 4 is 20.9 Å². The fourth-order valence-electron chi connectivity index (χ4n) is 1.41. The van der Waals surface area contributed by atoms with E-state index in [1.54, 1.807) is 0 Å². The van der Waals surface area contributed by atoms with E-state index in [-0.39, 0.29) is 4.98 Å². The van der Waals surface area contributed by atoms with E-state index in [9.17, 15) is 8.42 Å². The van der Waals surface area contributed by atoms with Crippen LogP contribution in [0.4, 0.5) is 0 Å². The molecule has 0 radical (unpaired) electrons. The number of sulfonamides is 1. The number of H-pyrrole nitrogens is 1. The van der Waals surface area contributed by atoms with E-state index >= 15 is 0 Å². The van der Waals surface area contributed by atoms with Gasteiger partial charge >= 0.3 is 0 Å². The molecule has 2 rings (SSSR count). The SMILES string of the molecule is [2H]c1c(C([2H])([2H])S(=O)(=O)N([2H])C([2H])([2H])[2H])c([2H])c2c(CC([2H])([2H])N(C)C([2H])([2H])[2H])c([2H])n([2H])c2c1[2H]. The number of fused-ring (bicyclic) bond motifs is 1.